The molecule has 0 aliphatic heterocycles. The third kappa shape index (κ3) is 3.97. The van der Waals surface area contributed by atoms with Gasteiger partial charge < -0.3 is 20.3 Å². The Morgan fingerprint density at radius 1 is 1.28 bits per heavy atom. The summed E-state index contributed by atoms with van der Waals surface area (Å²) < 4.78 is 5.04. The van der Waals surface area contributed by atoms with Crippen LogP contribution in [-0.4, -0.2) is 28.6 Å². The summed E-state index contributed by atoms with van der Waals surface area (Å²) in [5.41, 5.74) is 0.481. The highest BCUT2D eigenvalue weighted by Crippen LogP contribution is 2.29. The third-order valence-electron chi connectivity index (χ3n) is 2.22. The lowest BCUT2D eigenvalue weighted by Gasteiger charge is -2.18. The van der Waals surface area contributed by atoms with Gasteiger partial charge in [0.1, 0.15) is 6.10 Å². The lowest BCUT2D eigenvalue weighted by atomic mass is 10.1. The molecule has 0 saturated carbocycles. The van der Waals surface area contributed by atoms with Crippen molar-refractivity contribution in [2.24, 2.45) is 0 Å². The molecule has 1 aromatic rings. The topological polar surface area (TPSA) is 95.9 Å². The number of nitrogens with one attached hydrogen (secondary N) is 1. The number of phenolic OH excluding ortho intramolecular Hbond substituents is 2. The maximum atomic E-state index is 11.0. The second-order valence-electron chi connectivity index (χ2n) is 3.78. The van der Waals surface area contributed by atoms with E-state index in [1.807, 2.05) is 0 Å². The van der Waals surface area contributed by atoms with Crippen LogP contribution >= 0.6 is 0 Å². The van der Waals surface area contributed by atoms with Crippen LogP contribution in [0.25, 0.3) is 0 Å². The Labute approximate surface area is 104 Å². The number of esters is 1. The number of carbonyl (C=O) groups excluding carboxylic acids is 2. The van der Waals surface area contributed by atoms with Gasteiger partial charge in [0.2, 0.25) is 5.91 Å². The van der Waals surface area contributed by atoms with Crippen molar-refractivity contribution in [2.45, 2.75) is 20.0 Å². The van der Waals surface area contributed by atoms with Crippen LogP contribution in [0.15, 0.2) is 18.2 Å². The zero-order valence-corrected chi connectivity index (χ0v) is 10.1. The molecule has 18 heavy (non-hydrogen) atoms. The molecule has 0 saturated heterocycles. The smallest absolute Gasteiger partial charge is 0.303 e. The Hall–Kier alpha value is -2.24. The number of ether oxygens (including phenoxy) is 1. The van der Waals surface area contributed by atoms with E-state index in [4.69, 9.17) is 4.74 Å². The van der Waals surface area contributed by atoms with Crippen molar-refractivity contribution >= 4 is 11.9 Å². The van der Waals surface area contributed by atoms with Crippen molar-refractivity contribution in [1.82, 2.24) is 5.32 Å². The Balaban J connectivity index is 2.89. The number of hydrogen-bond donors (Lipinski definition) is 3. The summed E-state index contributed by atoms with van der Waals surface area (Å²) >= 11 is 0. The monoisotopic (exact) mass is 253 g/mol. The Kier molecular flexibility index (Phi) is 4.53. The van der Waals surface area contributed by atoms with E-state index >= 15 is 0 Å². The molecule has 1 amide bonds. The standard InChI is InChI=1S/C12H15NO5/c1-7(14)13-6-12(18-8(2)15)9-3-4-10(16)11(17)5-9/h3-5,12,16-17H,6H2,1-2H3,(H,13,14). The number of rotatable bonds is 4. The molecule has 0 bridgehead atoms. The van der Waals surface area contributed by atoms with Gasteiger partial charge in [0.25, 0.3) is 0 Å². The normalized spacial score (nSPS) is 11.7. The van der Waals surface area contributed by atoms with Crippen LogP contribution in [0.4, 0.5) is 0 Å². The van der Waals surface area contributed by atoms with Gasteiger partial charge in [-0.3, -0.25) is 9.59 Å². The summed E-state index contributed by atoms with van der Waals surface area (Å²) in [6.07, 6.45) is -0.710. The second-order valence-corrected chi connectivity index (χ2v) is 3.78. The molecule has 0 aliphatic rings. The minimum absolute atomic E-state index is 0.0964. The van der Waals surface area contributed by atoms with Gasteiger partial charge in [0.15, 0.2) is 11.5 Å². The molecule has 1 unspecified atom stereocenters. The molecule has 1 atom stereocenters. The molecular formula is C12H15NO5. The largest absolute Gasteiger partial charge is 0.504 e. The van der Waals surface area contributed by atoms with Crippen molar-refractivity contribution in [3.05, 3.63) is 23.8 Å². The highest BCUT2D eigenvalue weighted by atomic mass is 16.5. The van der Waals surface area contributed by atoms with Crippen molar-refractivity contribution in [2.75, 3.05) is 6.54 Å². The lowest BCUT2D eigenvalue weighted by Crippen LogP contribution is -2.28. The molecule has 3 N–H and O–H groups in total. The van der Waals surface area contributed by atoms with Crippen molar-refractivity contribution in [1.29, 1.82) is 0 Å². The maximum Gasteiger partial charge on any atom is 0.303 e. The first-order valence-electron chi connectivity index (χ1n) is 5.33. The zero-order valence-electron chi connectivity index (χ0n) is 10.1. The van der Waals surface area contributed by atoms with Crippen LogP contribution in [0, 0.1) is 0 Å². The number of carbonyl (C=O) groups is 2. The number of hydrogen-bond acceptors (Lipinski definition) is 5. The van der Waals surface area contributed by atoms with Crippen LogP contribution in [0.1, 0.15) is 25.5 Å². The van der Waals surface area contributed by atoms with E-state index in [9.17, 15) is 19.8 Å². The van der Waals surface area contributed by atoms with Gasteiger partial charge in [-0.2, -0.15) is 0 Å². The molecule has 1 aromatic carbocycles. The van der Waals surface area contributed by atoms with Gasteiger partial charge in [-0.1, -0.05) is 6.07 Å². The fraction of sp³-hybridized carbons (Fsp3) is 0.333. The second kappa shape index (κ2) is 5.90. The fourth-order valence-corrected chi connectivity index (χ4v) is 1.41. The maximum absolute atomic E-state index is 11.0. The van der Waals surface area contributed by atoms with Gasteiger partial charge in [0, 0.05) is 13.8 Å². The molecule has 0 aliphatic carbocycles. The Morgan fingerprint density at radius 3 is 2.44 bits per heavy atom. The third-order valence-corrected chi connectivity index (χ3v) is 2.22. The molecule has 0 spiro atoms. The van der Waals surface area contributed by atoms with Crippen LogP contribution in [0.5, 0.6) is 11.5 Å². The van der Waals surface area contributed by atoms with Crippen molar-refractivity contribution < 1.29 is 24.5 Å². The summed E-state index contributed by atoms with van der Waals surface area (Å²) in [5.74, 6) is -1.33. The number of benzene rings is 1. The predicted molar refractivity (Wildman–Crippen MR) is 63.0 cm³/mol. The van der Waals surface area contributed by atoms with Crippen LogP contribution in [0.3, 0.4) is 0 Å². The average molecular weight is 253 g/mol. The molecule has 6 nitrogen and oxygen atoms in total. The van der Waals surface area contributed by atoms with E-state index in [1.165, 1.54) is 32.0 Å². The molecule has 0 fully saturated rings. The van der Waals surface area contributed by atoms with Gasteiger partial charge in [-0.15, -0.1) is 0 Å². The van der Waals surface area contributed by atoms with E-state index in [0.717, 1.165) is 0 Å². The molecule has 1 rings (SSSR count). The molecule has 6 heteroatoms. The van der Waals surface area contributed by atoms with Gasteiger partial charge in [0.05, 0.1) is 6.54 Å². The molecule has 98 valence electrons. The van der Waals surface area contributed by atoms with Crippen LogP contribution in [-0.2, 0) is 14.3 Å². The summed E-state index contributed by atoms with van der Waals surface area (Å²) in [6.45, 7) is 2.69. The van der Waals surface area contributed by atoms with Gasteiger partial charge >= 0.3 is 5.97 Å². The molecular weight excluding hydrogens is 238 g/mol. The summed E-state index contributed by atoms with van der Waals surface area (Å²) in [4.78, 5) is 21.8. The Bertz CT molecular complexity index is 458. The lowest BCUT2D eigenvalue weighted by molar-refractivity contribution is -0.147. The van der Waals surface area contributed by atoms with E-state index in [1.54, 1.807) is 0 Å². The highest BCUT2D eigenvalue weighted by Gasteiger charge is 2.16. The first-order valence-corrected chi connectivity index (χ1v) is 5.33. The summed E-state index contributed by atoms with van der Waals surface area (Å²) in [5, 5.41) is 21.1. The quantitative estimate of drug-likeness (QED) is 0.546. The molecule has 0 aromatic heterocycles. The van der Waals surface area contributed by atoms with E-state index < -0.39 is 12.1 Å². The van der Waals surface area contributed by atoms with Crippen LogP contribution in [0.2, 0.25) is 0 Å². The van der Waals surface area contributed by atoms with Crippen molar-refractivity contribution in [3.8, 4) is 11.5 Å². The van der Waals surface area contributed by atoms with E-state index in [2.05, 4.69) is 5.32 Å². The fourth-order valence-electron chi connectivity index (χ4n) is 1.41. The van der Waals surface area contributed by atoms with E-state index in [0.29, 0.717) is 5.56 Å². The molecule has 0 heterocycles. The SMILES string of the molecule is CC(=O)NCC(OC(C)=O)c1ccc(O)c(O)c1. The van der Waals surface area contributed by atoms with E-state index in [-0.39, 0.29) is 24.0 Å². The van der Waals surface area contributed by atoms with Gasteiger partial charge in [-0.05, 0) is 17.7 Å². The first kappa shape index (κ1) is 13.8. The predicted octanol–water partition coefficient (Wildman–Crippen LogP) is 0.838. The highest BCUT2D eigenvalue weighted by molar-refractivity contribution is 5.73. The molecule has 0 radical (unpaired) electrons. The summed E-state index contributed by atoms with van der Waals surface area (Å²) in [7, 11) is 0. The number of aromatic hydroxyl groups is 2. The first-order chi connectivity index (χ1) is 8.40. The summed E-state index contributed by atoms with van der Waals surface area (Å²) in [6, 6.07) is 4.07. The number of amides is 1. The van der Waals surface area contributed by atoms with Crippen LogP contribution < -0.4 is 5.32 Å². The van der Waals surface area contributed by atoms with Crippen molar-refractivity contribution in [3.63, 3.8) is 0 Å². The van der Waals surface area contributed by atoms with Gasteiger partial charge in [-0.25, -0.2) is 0 Å². The minimum Gasteiger partial charge on any atom is -0.504 e. The number of phenols is 2. The average Bonchev–Trinajstić information content (AvgIpc) is 2.27. The minimum atomic E-state index is -0.710. The zero-order chi connectivity index (χ0) is 13.7. The Morgan fingerprint density at radius 2 is 1.94 bits per heavy atom.